The number of hydrogen-bond acceptors (Lipinski definition) is 2. The molecule has 1 aliphatic heterocycles. The van der Waals surface area contributed by atoms with Gasteiger partial charge in [-0.25, -0.2) is 9.18 Å². The highest BCUT2D eigenvalue weighted by atomic mass is 19.1. The zero-order chi connectivity index (χ0) is 14.1. The maximum Gasteiger partial charge on any atom is 0.317 e. The molecular formula is C15H19FN2O2. The molecule has 1 heterocycles. The van der Waals surface area contributed by atoms with E-state index in [0.717, 1.165) is 36.8 Å². The molecule has 1 aliphatic carbocycles. The highest BCUT2D eigenvalue weighted by Crippen LogP contribution is 2.31. The molecule has 1 aromatic carbocycles. The summed E-state index contributed by atoms with van der Waals surface area (Å²) in [6, 6.07) is 4.57. The molecule has 2 amide bonds. The van der Waals surface area contributed by atoms with E-state index in [4.69, 9.17) is 0 Å². The number of aryl methyl sites for hydroxylation is 1. The molecule has 2 unspecified atom stereocenters. The number of carbonyl (C=O) groups is 1. The molecule has 4 nitrogen and oxygen atoms in total. The molecule has 0 aromatic heterocycles. The number of halogens is 1. The number of carbonyl (C=O) groups excluding carboxylic acids is 1. The van der Waals surface area contributed by atoms with Crippen molar-refractivity contribution in [1.29, 1.82) is 0 Å². The summed E-state index contributed by atoms with van der Waals surface area (Å²) < 4.78 is 13.2. The predicted molar refractivity (Wildman–Crippen MR) is 72.8 cm³/mol. The highest BCUT2D eigenvalue weighted by Gasteiger charge is 2.28. The van der Waals surface area contributed by atoms with E-state index >= 15 is 0 Å². The molecule has 5 heteroatoms. The molecule has 2 N–H and O–H groups in total. The summed E-state index contributed by atoms with van der Waals surface area (Å²) in [5, 5.41) is 12.6. The molecule has 0 spiro atoms. The number of nitrogens with one attached hydrogen (secondary N) is 1. The monoisotopic (exact) mass is 278 g/mol. The van der Waals surface area contributed by atoms with E-state index in [9.17, 15) is 14.3 Å². The maximum atomic E-state index is 13.2. The van der Waals surface area contributed by atoms with Gasteiger partial charge in [-0.05, 0) is 48.9 Å². The third-order valence-electron chi connectivity index (χ3n) is 4.16. The lowest BCUT2D eigenvalue weighted by Crippen LogP contribution is -2.47. The molecule has 0 bridgehead atoms. The lowest BCUT2D eigenvalue weighted by molar-refractivity contribution is 0.0833. The van der Waals surface area contributed by atoms with E-state index < -0.39 is 6.10 Å². The van der Waals surface area contributed by atoms with Gasteiger partial charge in [-0.1, -0.05) is 6.07 Å². The van der Waals surface area contributed by atoms with Gasteiger partial charge in [0.05, 0.1) is 12.1 Å². The second-order valence-corrected chi connectivity index (χ2v) is 5.63. The van der Waals surface area contributed by atoms with Crippen LogP contribution in [0.3, 0.4) is 0 Å². The van der Waals surface area contributed by atoms with E-state index in [1.54, 1.807) is 17.0 Å². The van der Waals surface area contributed by atoms with E-state index in [2.05, 4.69) is 5.32 Å². The third kappa shape index (κ3) is 2.63. The zero-order valence-corrected chi connectivity index (χ0v) is 11.3. The molecule has 108 valence electrons. The van der Waals surface area contributed by atoms with Gasteiger partial charge in [-0.3, -0.25) is 0 Å². The predicted octanol–water partition coefficient (Wildman–Crippen LogP) is 1.98. The summed E-state index contributed by atoms with van der Waals surface area (Å²) in [6.45, 7) is 1.08. The van der Waals surface area contributed by atoms with Gasteiger partial charge in [0.2, 0.25) is 0 Å². The molecule has 1 aromatic rings. The fourth-order valence-corrected chi connectivity index (χ4v) is 3.12. The number of likely N-dealkylation sites (tertiary alicyclic amines) is 1. The van der Waals surface area contributed by atoms with Crippen molar-refractivity contribution in [3.05, 3.63) is 35.1 Å². The van der Waals surface area contributed by atoms with Crippen LogP contribution in [0.2, 0.25) is 0 Å². The zero-order valence-electron chi connectivity index (χ0n) is 11.3. The first-order valence-electron chi connectivity index (χ1n) is 7.15. The number of urea groups is 1. The van der Waals surface area contributed by atoms with Gasteiger partial charge < -0.3 is 15.3 Å². The fourth-order valence-electron chi connectivity index (χ4n) is 3.12. The number of fused-ring (bicyclic) bond motifs is 1. The normalized spacial score (nSPS) is 25.4. The van der Waals surface area contributed by atoms with Gasteiger partial charge in [-0.15, -0.1) is 0 Å². The first-order chi connectivity index (χ1) is 9.63. The summed E-state index contributed by atoms with van der Waals surface area (Å²) in [6.07, 6.45) is 2.78. The van der Waals surface area contributed by atoms with Crippen LogP contribution >= 0.6 is 0 Å². The summed E-state index contributed by atoms with van der Waals surface area (Å²) in [5.41, 5.74) is 1.99. The number of rotatable bonds is 1. The van der Waals surface area contributed by atoms with Gasteiger partial charge in [0.15, 0.2) is 0 Å². The second kappa shape index (κ2) is 5.40. The van der Waals surface area contributed by atoms with Crippen LogP contribution in [0.15, 0.2) is 18.2 Å². The number of nitrogens with zero attached hydrogens (tertiary/aromatic N) is 1. The smallest absolute Gasteiger partial charge is 0.317 e. The second-order valence-electron chi connectivity index (χ2n) is 5.63. The van der Waals surface area contributed by atoms with Crippen molar-refractivity contribution < 1.29 is 14.3 Å². The Hall–Kier alpha value is -1.62. The average Bonchev–Trinajstić information content (AvgIpc) is 2.81. The topological polar surface area (TPSA) is 52.6 Å². The van der Waals surface area contributed by atoms with E-state index in [1.807, 2.05) is 0 Å². The van der Waals surface area contributed by atoms with Crippen LogP contribution in [0.4, 0.5) is 9.18 Å². The van der Waals surface area contributed by atoms with Crippen LogP contribution in [0.1, 0.15) is 36.4 Å². The van der Waals surface area contributed by atoms with Gasteiger partial charge in [0.25, 0.3) is 0 Å². The number of hydrogen-bond donors (Lipinski definition) is 2. The van der Waals surface area contributed by atoms with Crippen molar-refractivity contribution in [1.82, 2.24) is 10.2 Å². The SMILES string of the molecule is O=C(NC1CCc2cc(F)ccc21)N1CCCC(O)C1. The van der Waals surface area contributed by atoms with Crippen LogP contribution < -0.4 is 5.32 Å². The molecule has 20 heavy (non-hydrogen) atoms. The summed E-state index contributed by atoms with van der Waals surface area (Å²) in [4.78, 5) is 13.9. The Morgan fingerprint density at radius 2 is 2.25 bits per heavy atom. The Labute approximate surface area is 117 Å². The molecule has 0 radical (unpaired) electrons. The van der Waals surface area contributed by atoms with Crippen molar-refractivity contribution in [2.24, 2.45) is 0 Å². The van der Waals surface area contributed by atoms with Crippen LogP contribution in [0.25, 0.3) is 0 Å². The standard InChI is InChI=1S/C15H19FN2O2/c16-11-4-5-13-10(8-11)3-6-14(13)17-15(20)18-7-1-2-12(19)9-18/h4-5,8,12,14,19H,1-3,6-7,9H2,(H,17,20). The molecule has 2 atom stereocenters. The summed E-state index contributed by atoms with van der Waals surface area (Å²) in [5.74, 6) is -0.227. The Morgan fingerprint density at radius 1 is 1.40 bits per heavy atom. The van der Waals surface area contributed by atoms with Crippen molar-refractivity contribution in [3.63, 3.8) is 0 Å². The summed E-state index contributed by atoms with van der Waals surface area (Å²) in [7, 11) is 0. The first kappa shape index (κ1) is 13.4. The lowest BCUT2D eigenvalue weighted by atomic mass is 10.1. The quantitative estimate of drug-likeness (QED) is 0.825. The number of β-amino-alcohol motifs (C(OH)–C–C–N with tert-alkyl or cyclic N) is 1. The van der Waals surface area contributed by atoms with E-state index in [-0.39, 0.29) is 17.9 Å². The first-order valence-corrected chi connectivity index (χ1v) is 7.15. The summed E-state index contributed by atoms with van der Waals surface area (Å²) >= 11 is 0. The number of aliphatic hydroxyl groups is 1. The molecule has 2 aliphatic rings. The average molecular weight is 278 g/mol. The molecular weight excluding hydrogens is 259 g/mol. The Bertz CT molecular complexity index is 521. The van der Waals surface area contributed by atoms with E-state index in [1.165, 1.54) is 6.07 Å². The maximum absolute atomic E-state index is 13.2. The van der Waals surface area contributed by atoms with Crippen molar-refractivity contribution in [2.75, 3.05) is 13.1 Å². The third-order valence-corrected chi connectivity index (χ3v) is 4.16. The minimum atomic E-state index is -0.417. The van der Waals surface area contributed by atoms with Gasteiger partial charge >= 0.3 is 6.03 Å². The molecule has 1 fully saturated rings. The van der Waals surface area contributed by atoms with Crippen LogP contribution in [0, 0.1) is 5.82 Å². The lowest BCUT2D eigenvalue weighted by Gasteiger charge is -2.31. The highest BCUT2D eigenvalue weighted by molar-refractivity contribution is 5.75. The van der Waals surface area contributed by atoms with Gasteiger partial charge in [-0.2, -0.15) is 0 Å². The van der Waals surface area contributed by atoms with Crippen LogP contribution in [-0.4, -0.2) is 35.2 Å². The van der Waals surface area contributed by atoms with Crippen molar-refractivity contribution >= 4 is 6.03 Å². The number of aliphatic hydroxyl groups excluding tert-OH is 1. The molecule has 3 rings (SSSR count). The minimum absolute atomic E-state index is 0.0443. The van der Waals surface area contributed by atoms with Gasteiger partial charge in [0, 0.05) is 13.1 Å². The van der Waals surface area contributed by atoms with E-state index in [0.29, 0.717) is 13.1 Å². The number of benzene rings is 1. The molecule has 0 saturated carbocycles. The van der Waals surface area contributed by atoms with Crippen LogP contribution in [-0.2, 0) is 6.42 Å². The van der Waals surface area contributed by atoms with Crippen LogP contribution in [0.5, 0.6) is 0 Å². The van der Waals surface area contributed by atoms with Gasteiger partial charge in [0.1, 0.15) is 5.82 Å². The number of piperidine rings is 1. The van der Waals surface area contributed by atoms with Crippen molar-refractivity contribution in [2.45, 2.75) is 37.8 Å². The molecule has 1 saturated heterocycles. The fraction of sp³-hybridized carbons (Fsp3) is 0.533. The Balaban J connectivity index is 1.66. The Morgan fingerprint density at radius 3 is 3.05 bits per heavy atom. The van der Waals surface area contributed by atoms with Crippen molar-refractivity contribution in [3.8, 4) is 0 Å². The number of amides is 2. The largest absolute Gasteiger partial charge is 0.391 e. The minimum Gasteiger partial charge on any atom is -0.391 e. The Kier molecular flexibility index (Phi) is 3.61.